The van der Waals surface area contributed by atoms with E-state index in [1.54, 1.807) is 0 Å². The molecule has 188 valence electrons. The van der Waals surface area contributed by atoms with Gasteiger partial charge in [0.1, 0.15) is 0 Å². The lowest BCUT2D eigenvalue weighted by molar-refractivity contribution is -0.123. The maximum Gasteiger partial charge on any atom is 0.220 e. The van der Waals surface area contributed by atoms with Gasteiger partial charge in [0, 0.05) is 45.2 Å². The van der Waals surface area contributed by atoms with E-state index in [1.807, 2.05) is 7.05 Å². The summed E-state index contributed by atoms with van der Waals surface area (Å²) in [6.07, 6.45) is 6.47. The largest absolute Gasteiger partial charge is 0.379 e. The normalized spacial score (nSPS) is 20.1. The number of primary amides is 1. The highest BCUT2D eigenvalue weighted by Crippen LogP contribution is 2.19. The Bertz CT molecular complexity index is 533. The fraction of sp³-hybridized carbons (Fsp3) is 0.913. The number of hydrogen-bond acceptors (Lipinski definition) is 5. The summed E-state index contributed by atoms with van der Waals surface area (Å²) in [6, 6.07) is 0.515. The molecule has 2 rings (SSSR count). The van der Waals surface area contributed by atoms with E-state index in [2.05, 4.69) is 39.3 Å². The molecule has 0 aromatic heterocycles. The lowest BCUT2D eigenvalue weighted by Gasteiger charge is -2.39. The fourth-order valence-electron chi connectivity index (χ4n) is 4.87. The van der Waals surface area contributed by atoms with Gasteiger partial charge in [-0.2, -0.15) is 0 Å². The van der Waals surface area contributed by atoms with Crippen molar-refractivity contribution in [3.63, 3.8) is 0 Å². The number of morpholine rings is 1. The molecule has 1 unspecified atom stereocenters. The highest BCUT2D eigenvalue weighted by Gasteiger charge is 2.27. The van der Waals surface area contributed by atoms with Crippen LogP contribution in [0.15, 0.2) is 4.99 Å². The minimum Gasteiger partial charge on any atom is -0.379 e. The van der Waals surface area contributed by atoms with Crippen molar-refractivity contribution in [2.45, 2.75) is 58.4 Å². The van der Waals surface area contributed by atoms with Crippen molar-refractivity contribution in [2.24, 2.45) is 22.6 Å². The van der Waals surface area contributed by atoms with Crippen LogP contribution in [0.5, 0.6) is 0 Å². The monoisotopic (exact) mass is 566 g/mol. The van der Waals surface area contributed by atoms with Crippen LogP contribution in [0.2, 0.25) is 0 Å². The van der Waals surface area contributed by atoms with Crippen LogP contribution in [0.4, 0.5) is 0 Å². The number of likely N-dealkylation sites (tertiary alicyclic amines) is 1. The van der Waals surface area contributed by atoms with E-state index in [4.69, 9.17) is 10.5 Å². The summed E-state index contributed by atoms with van der Waals surface area (Å²) in [7, 11) is 1.85. The van der Waals surface area contributed by atoms with Crippen molar-refractivity contribution in [3.8, 4) is 0 Å². The maximum atomic E-state index is 11.3. The van der Waals surface area contributed by atoms with E-state index in [0.29, 0.717) is 12.0 Å². The molecule has 0 saturated carbocycles. The van der Waals surface area contributed by atoms with Crippen molar-refractivity contribution in [1.82, 2.24) is 20.4 Å². The fourth-order valence-corrected chi connectivity index (χ4v) is 4.87. The van der Waals surface area contributed by atoms with Crippen LogP contribution in [0.1, 0.15) is 52.4 Å². The molecule has 1 atom stereocenters. The minimum atomic E-state index is -0.136. The number of aliphatic imine (C=N–C) groups is 1. The third kappa shape index (κ3) is 10.1. The molecule has 9 heteroatoms. The molecule has 0 aliphatic carbocycles. The highest BCUT2D eigenvalue weighted by atomic mass is 127. The first-order valence-electron chi connectivity index (χ1n) is 12.4. The van der Waals surface area contributed by atoms with Gasteiger partial charge >= 0.3 is 0 Å². The summed E-state index contributed by atoms with van der Waals surface area (Å²) in [4.78, 5) is 20.7. The zero-order valence-corrected chi connectivity index (χ0v) is 22.8. The molecule has 32 heavy (non-hydrogen) atoms. The van der Waals surface area contributed by atoms with Crippen molar-refractivity contribution in [3.05, 3.63) is 0 Å². The molecule has 0 aromatic carbocycles. The first-order valence-corrected chi connectivity index (χ1v) is 12.4. The number of carbonyl (C=O) groups excluding carboxylic acids is 1. The van der Waals surface area contributed by atoms with Gasteiger partial charge in [0.2, 0.25) is 5.91 Å². The number of nitrogens with zero attached hydrogens (tertiary/aromatic N) is 3. The smallest absolute Gasteiger partial charge is 0.220 e. The van der Waals surface area contributed by atoms with Crippen molar-refractivity contribution in [1.29, 1.82) is 0 Å². The Hall–Kier alpha value is -0.650. The zero-order chi connectivity index (χ0) is 22.5. The Morgan fingerprint density at radius 1 is 1.09 bits per heavy atom. The van der Waals surface area contributed by atoms with E-state index in [9.17, 15) is 4.79 Å². The number of guanidine groups is 1. The third-order valence-electron chi connectivity index (χ3n) is 6.99. The number of unbranched alkanes of at least 4 members (excludes halogenated alkanes) is 1. The van der Waals surface area contributed by atoms with Crippen molar-refractivity contribution < 1.29 is 9.53 Å². The maximum absolute atomic E-state index is 11.3. The van der Waals surface area contributed by atoms with Gasteiger partial charge < -0.3 is 26.0 Å². The molecule has 4 N–H and O–H groups in total. The van der Waals surface area contributed by atoms with Gasteiger partial charge in [-0.1, -0.05) is 26.7 Å². The molecule has 0 aromatic rings. The second-order valence-corrected chi connectivity index (χ2v) is 8.90. The predicted octanol–water partition coefficient (Wildman–Crippen LogP) is 1.88. The van der Waals surface area contributed by atoms with Gasteiger partial charge in [-0.25, -0.2) is 0 Å². The SMILES string of the molecule is CCC(CC)C(CNC(=NC)NCCCCN1CCC(C(N)=O)CC1)N1CCOCC1.I. The van der Waals surface area contributed by atoms with Gasteiger partial charge in [0.15, 0.2) is 5.96 Å². The summed E-state index contributed by atoms with van der Waals surface area (Å²) in [5.74, 6) is 1.52. The molecule has 1 amide bonds. The molecule has 2 saturated heterocycles. The summed E-state index contributed by atoms with van der Waals surface area (Å²) >= 11 is 0. The Morgan fingerprint density at radius 2 is 1.75 bits per heavy atom. The van der Waals surface area contributed by atoms with Crippen LogP contribution in [-0.4, -0.2) is 93.8 Å². The van der Waals surface area contributed by atoms with E-state index >= 15 is 0 Å². The molecule has 0 bridgehead atoms. The first kappa shape index (κ1) is 29.4. The number of hydrogen-bond donors (Lipinski definition) is 3. The molecule has 8 nitrogen and oxygen atoms in total. The summed E-state index contributed by atoms with van der Waals surface area (Å²) in [6.45, 7) is 13.2. The predicted molar refractivity (Wildman–Crippen MR) is 143 cm³/mol. The molecule has 0 spiro atoms. The van der Waals surface area contributed by atoms with Gasteiger partial charge in [-0.15, -0.1) is 24.0 Å². The topological polar surface area (TPSA) is 95.2 Å². The highest BCUT2D eigenvalue weighted by molar-refractivity contribution is 14.0. The molecule has 2 aliphatic heterocycles. The van der Waals surface area contributed by atoms with Crippen LogP contribution in [0.25, 0.3) is 0 Å². The van der Waals surface area contributed by atoms with Crippen molar-refractivity contribution >= 4 is 35.8 Å². The van der Waals surface area contributed by atoms with Crippen LogP contribution in [-0.2, 0) is 9.53 Å². The molecule has 0 radical (unpaired) electrons. The average Bonchev–Trinajstić information content (AvgIpc) is 2.81. The summed E-state index contributed by atoms with van der Waals surface area (Å²) in [5, 5.41) is 7.05. The molecule has 2 fully saturated rings. The Labute approximate surface area is 212 Å². The summed E-state index contributed by atoms with van der Waals surface area (Å²) < 4.78 is 5.56. The second kappa shape index (κ2) is 16.9. The standard InChI is InChI=1S/C23H46N6O2.HI/c1-4-19(5-2)21(29-14-16-31-17-15-29)18-27-23(25-3)26-10-6-7-11-28-12-8-20(9-13-28)22(24)30;/h19-21H,4-18H2,1-3H3,(H2,24,30)(H2,25,26,27);1H. The number of nitrogens with one attached hydrogen (secondary N) is 2. The zero-order valence-electron chi connectivity index (χ0n) is 20.5. The lowest BCUT2D eigenvalue weighted by Crippen LogP contribution is -2.53. The average molecular weight is 567 g/mol. The first-order chi connectivity index (χ1) is 15.1. The van der Waals surface area contributed by atoms with Gasteiger partial charge in [0.25, 0.3) is 0 Å². The van der Waals surface area contributed by atoms with E-state index in [0.717, 1.165) is 90.7 Å². The number of nitrogens with two attached hydrogens (primary N) is 1. The molecule has 2 aliphatic rings. The second-order valence-electron chi connectivity index (χ2n) is 8.90. The van der Waals surface area contributed by atoms with Crippen LogP contribution >= 0.6 is 24.0 Å². The van der Waals surface area contributed by atoms with Crippen LogP contribution in [0.3, 0.4) is 0 Å². The number of piperidine rings is 1. The minimum absolute atomic E-state index is 0. The van der Waals surface area contributed by atoms with Crippen molar-refractivity contribution in [2.75, 3.05) is 66.1 Å². The quantitative estimate of drug-likeness (QED) is 0.145. The Balaban J connectivity index is 0.00000512. The number of ether oxygens (including phenoxy) is 1. The number of rotatable bonds is 12. The third-order valence-corrected chi connectivity index (χ3v) is 6.99. The van der Waals surface area contributed by atoms with Gasteiger partial charge in [-0.05, 0) is 51.2 Å². The van der Waals surface area contributed by atoms with E-state index in [-0.39, 0.29) is 35.8 Å². The molecular weight excluding hydrogens is 519 g/mol. The number of carbonyl (C=O) groups is 1. The summed E-state index contributed by atoms with van der Waals surface area (Å²) in [5.41, 5.74) is 5.42. The lowest BCUT2D eigenvalue weighted by atomic mass is 9.92. The van der Waals surface area contributed by atoms with E-state index in [1.165, 1.54) is 12.8 Å². The molecular formula is C23H47IN6O2. The number of halogens is 1. The van der Waals surface area contributed by atoms with Crippen LogP contribution in [0, 0.1) is 11.8 Å². The molecule has 2 heterocycles. The Kier molecular flexibility index (Phi) is 15.5. The Morgan fingerprint density at radius 3 is 2.31 bits per heavy atom. The van der Waals surface area contributed by atoms with Gasteiger partial charge in [-0.3, -0.25) is 14.7 Å². The van der Waals surface area contributed by atoms with E-state index < -0.39 is 0 Å². The van der Waals surface area contributed by atoms with Gasteiger partial charge in [0.05, 0.1) is 13.2 Å². The van der Waals surface area contributed by atoms with Crippen LogP contribution < -0.4 is 16.4 Å². The number of amides is 1.